The average Bonchev–Trinajstić information content (AvgIpc) is 2.65. The van der Waals surface area contributed by atoms with E-state index in [9.17, 15) is 9.59 Å². The van der Waals surface area contributed by atoms with Crippen molar-refractivity contribution in [1.82, 2.24) is 5.32 Å². The summed E-state index contributed by atoms with van der Waals surface area (Å²) in [7, 11) is 1.87. The Bertz CT molecular complexity index is 488. The lowest BCUT2D eigenvalue weighted by Gasteiger charge is -2.15. The van der Waals surface area contributed by atoms with E-state index >= 15 is 0 Å². The van der Waals surface area contributed by atoms with Crippen molar-refractivity contribution < 1.29 is 9.59 Å². The van der Waals surface area contributed by atoms with Crippen LogP contribution in [0, 0.1) is 0 Å². The van der Waals surface area contributed by atoms with Gasteiger partial charge in [-0.05, 0) is 24.2 Å². The molecule has 5 heteroatoms. The van der Waals surface area contributed by atoms with E-state index in [-0.39, 0.29) is 24.1 Å². The second kappa shape index (κ2) is 5.50. The number of alkyl halides is 1. The van der Waals surface area contributed by atoms with E-state index in [1.54, 1.807) is 0 Å². The summed E-state index contributed by atoms with van der Waals surface area (Å²) < 4.78 is 0. The number of anilines is 1. The number of carbonyl (C=O) groups excluding carboxylic acids is 2. The van der Waals surface area contributed by atoms with E-state index in [1.165, 1.54) is 4.90 Å². The van der Waals surface area contributed by atoms with Crippen LogP contribution in [0.1, 0.15) is 17.5 Å². The van der Waals surface area contributed by atoms with Crippen LogP contribution >= 0.6 is 11.6 Å². The molecule has 0 aliphatic carbocycles. The maximum absolute atomic E-state index is 11.9. The number of hydrogen-bond acceptors (Lipinski definition) is 3. The largest absolute Gasteiger partial charge is 0.316 e. The monoisotopic (exact) mass is 266 g/mol. The molecule has 2 amide bonds. The normalized spacial score (nSPS) is 13.9. The van der Waals surface area contributed by atoms with Crippen molar-refractivity contribution in [3.63, 3.8) is 0 Å². The zero-order chi connectivity index (χ0) is 13.1. The third-order valence-corrected chi connectivity index (χ3v) is 3.10. The predicted molar refractivity (Wildman–Crippen MR) is 70.7 cm³/mol. The molecular formula is C13H15ClN2O2. The molecule has 4 nitrogen and oxygen atoms in total. The van der Waals surface area contributed by atoms with Crippen molar-refractivity contribution in [1.29, 1.82) is 0 Å². The minimum absolute atomic E-state index is 0.165. The Morgan fingerprint density at radius 3 is 2.94 bits per heavy atom. The number of nitrogens with zero attached hydrogens (tertiary/aromatic N) is 1. The van der Waals surface area contributed by atoms with E-state index in [0.717, 1.165) is 17.7 Å². The number of fused-ring (bicyclic) bond motifs is 1. The smallest absolute Gasteiger partial charge is 0.238 e. The first-order chi connectivity index (χ1) is 8.67. The van der Waals surface area contributed by atoms with Gasteiger partial charge < -0.3 is 5.32 Å². The third-order valence-electron chi connectivity index (χ3n) is 2.91. The van der Waals surface area contributed by atoms with Gasteiger partial charge >= 0.3 is 0 Å². The molecule has 0 unspecified atom stereocenters. The Kier molecular flexibility index (Phi) is 3.99. The first-order valence-electron chi connectivity index (χ1n) is 5.85. The van der Waals surface area contributed by atoms with Crippen LogP contribution in [-0.2, 0) is 22.6 Å². The summed E-state index contributed by atoms with van der Waals surface area (Å²) in [5.74, 6) is -0.160. The van der Waals surface area contributed by atoms with E-state index in [4.69, 9.17) is 11.6 Å². The first kappa shape index (κ1) is 13.1. The van der Waals surface area contributed by atoms with Gasteiger partial charge in [0, 0.05) is 18.8 Å². The van der Waals surface area contributed by atoms with Crippen LogP contribution in [0.25, 0.3) is 0 Å². The molecule has 2 rings (SSSR count). The van der Waals surface area contributed by atoms with Crippen molar-refractivity contribution >= 4 is 29.1 Å². The highest BCUT2D eigenvalue weighted by molar-refractivity contribution is 6.23. The average molecular weight is 267 g/mol. The van der Waals surface area contributed by atoms with Crippen molar-refractivity contribution in [2.45, 2.75) is 19.4 Å². The quantitative estimate of drug-likeness (QED) is 0.840. The highest BCUT2D eigenvalue weighted by Gasteiger charge is 2.31. The van der Waals surface area contributed by atoms with Crippen molar-refractivity contribution in [3.05, 3.63) is 29.3 Å². The molecule has 0 fully saturated rings. The van der Waals surface area contributed by atoms with Crippen LogP contribution in [-0.4, -0.2) is 24.7 Å². The van der Waals surface area contributed by atoms with Crippen LogP contribution < -0.4 is 10.2 Å². The number of nitrogens with one attached hydrogen (secondary N) is 1. The zero-order valence-electron chi connectivity index (χ0n) is 10.2. The van der Waals surface area contributed by atoms with Crippen molar-refractivity contribution in [2.75, 3.05) is 17.8 Å². The number of hydrogen-bond donors (Lipinski definition) is 1. The lowest BCUT2D eigenvalue weighted by atomic mass is 10.1. The Morgan fingerprint density at radius 1 is 1.50 bits per heavy atom. The molecule has 0 radical (unpaired) electrons. The molecule has 0 atom stereocenters. The van der Waals surface area contributed by atoms with Crippen LogP contribution in [0.4, 0.5) is 5.69 Å². The number of carbonyl (C=O) groups is 2. The summed E-state index contributed by atoms with van der Waals surface area (Å²) in [6.45, 7) is 0.747. The Morgan fingerprint density at radius 2 is 2.28 bits per heavy atom. The van der Waals surface area contributed by atoms with Crippen molar-refractivity contribution in [2.24, 2.45) is 0 Å². The number of halogens is 1. The lowest BCUT2D eigenvalue weighted by Crippen LogP contribution is -2.33. The molecule has 0 spiro atoms. The molecule has 1 N–H and O–H groups in total. The molecule has 1 aromatic carbocycles. The molecule has 1 aliphatic rings. The number of amides is 2. The Balaban J connectivity index is 2.29. The number of imide groups is 1. The third kappa shape index (κ3) is 2.40. The molecule has 18 heavy (non-hydrogen) atoms. The SMILES string of the molecule is CNCc1ccc2c(c1)CC(=O)N2C(=O)CCCl. The molecule has 96 valence electrons. The van der Waals surface area contributed by atoms with Gasteiger partial charge in [-0.15, -0.1) is 11.6 Å². The van der Waals surface area contributed by atoms with Crippen LogP contribution in [0.3, 0.4) is 0 Å². The second-order valence-electron chi connectivity index (χ2n) is 4.23. The van der Waals surface area contributed by atoms with E-state index in [2.05, 4.69) is 5.32 Å². The fourth-order valence-electron chi connectivity index (χ4n) is 2.16. The lowest BCUT2D eigenvalue weighted by molar-refractivity contribution is -0.125. The minimum Gasteiger partial charge on any atom is -0.316 e. The predicted octanol–water partition coefficient (Wildman–Crippen LogP) is 1.45. The number of rotatable bonds is 4. The second-order valence-corrected chi connectivity index (χ2v) is 4.61. The van der Waals surface area contributed by atoms with Gasteiger partial charge in [0.25, 0.3) is 0 Å². The molecule has 1 aromatic rings. The topological polar surface area (TPSA) is 49.4 Å². The maximum Gasteiger partial charge on any atom is 0.238 e. The van der Waals surface area contributed by atoms with E-state index in [1.807, 2.05) is 25.2 Å². The standard InChI is InChI=1S/C13H15ClN2O2/c1-15-8-9-2-3-11-10(6-9)7-13(18)16(11)12(17)4-5-14/h2-3,6,15H,4-5,7-8H2,1H3. The van der Waals surface area contributed by atoms with Crippen LogP contribution in [0.5, 0.6) is 0 Å². The van der Waals surface area contributed by atoms with Gasteiger partial charge in [-0.3, -0.25) is 9.59 Å². The molecule has 0 saturated heterocycles. The van der Waals surface area contributed by atoms with E-state index in [0.29, 0.717) is 12.1 Å². The minimum atomic E-state index is -0.227. The number of benzene rings is 1. The van der Waals surface area contributed by atoms with Crippen LogP contribution in [0.2, 0.25) is 0 Å². The van der Waals surface area contributed by atoms with Gasteiger partial charge in [0.2, 0.25) is 11.8 Å². The molecule has 0 saturated carbocycles. The molecule has 0 aromatic heterocycles. The van der Waals surface area contributed by atoms with Gasteiger partial charge in [0.1, 0.15) is 0 Å². The summed E-state index contributed by atoms with van der Waals surface area (Å²) in [4.78, 5) is 25.0. The van der Waals surface area contributed by atoms with Crippen molar-refractivity contribution in [3.8, 4) is 0 Å². The maximum atomic E-state index is 11.9. The summed E-state index contributed by atoms with van der Waals surface area (Å²) in [6.07, 6.45) is 0.478. The van der Waals surface area contributed by atoms with Gasteiger partial charge in [-0.1, -0.05) is 12.1 Å². The van der Waals surface area contributed by atoms with Gasteiger partial charge in [-0.25, -0.2) is 4.90 Å². The fourth-order valence-corrected chi connectivity index (χ4v) is 2.32. The van der Waals surface area contributed by atoms with E-state index < -0.39 is 0 Å². The molecule has 1 heterocycles. The van der Waals surface area contributed by atoms with Gasteiger partial charge in [-0.2, -0.15) is 0 Å². The molecule has 1 aliphatic heterocycles. The van der Waals surface area contributed by atoms with Gasteiger partial charge in [0.05, 0.1) is 12.1 Å². The Hall–Kier alpha value is -1.39. The molecule has 0 bridgehead atoms. The zero-order valence-corrected chi connectivity index (χ0v) is 11.0. The highest BCUT2D eigenvalue weighted by Crippen LogP contribution is 2.30. The summed E-state index contributed by atoms with van der Waals surface area (Å²) in [5, 5.41) is 3.06. The first-order valence-corrected chi connectivity index (χ1v) is 6.39. The molecular weight excluding hydrogens is 252 g/mol. The van der Waals surface area contributed by atoms with Gasteiger partial charge in [0.15, 0.2) is 0 Å². The highest BCUT2D eigenvalue weighted by atomic mass is 35.5. The van der Waals surface area contributed by atoms with Crippen LogP contribution in [0.15, 0.2) is 18.2 Å². The summed E-state index contributed by atoms with van der Waals surface area (Å²) in [5.41, 5.74) is 2.72. The summed E-state index contributed by atoms with van der Waals surface area (Å²) >= 11 is 5.55. The Labute approximate surface area is 111 Å². The fraction of sp³-hybridized carbons (Fsp3) is 0.385. The summed E-state index contributed by atoms with van der Waals surface area (Å²) in [6, 6.07) is 5.73.